The molecule has 2 aromatic carbocycles. The van der Waals surface area contributed by atoms with E-state index in [1.807, 2.05) is 30.3 Å². The van der Waals surface area contributed by atoms with Gasteiger partial charge in [0.1, 0.15) is 17.1 Å². The minimum absolute atomic E-state index is 0.299. The van der Waals surface area contributed by atoms with Crippen LogP contribution in [0.25, 0.3) is 22.3 Å². The second kappa shape index (κ2) is 12.0. The van der Waals surface area contributed by atoms with E-state index in [9.17, 15) is 18.0 Å². The van der Waals surface area contributed by atoms with Gasteiger partial charge in [-0.15, -0.1) is 0 Å². The Hall–Kier alpha value is -3.04. The Morgan fingerprint density at radius 3 is 2.33 bits per heavy atom. The van der Waals surface area contributed by atoms with Crippen molar-refractivity contribution in [1.82, 2.24) is 0 Å². The molecule has 3 rings (SSSR count). The third kappa shape index (κ3) is 8.47. The van der Waals surface area contributed by atoms with Gasteiger partial charge in [0.05, 0.1) is 25.0 Å². The summed E-state index contributed by atoms with van der Waals surface area (Å²) in [6.07, 6.45) is -4.43. The Morgan fingerprint density at radius 2 is 1.69 bits per heavy atom. The van der Waals surface area contributed by atoms with E-state index in [-0.39, 0.29) is 6.61 Å². The predicted octanol–water partition coefficient (Wildman–Crippen LogP) is 6.63. The van der Waals surface area contributed by atoms with Gasteiger partial charge in [-0.05, 0) is 64.3 Å². The van der Waals surface area contributed by atoms with E-state index in [1.165, 1.54) is 0 Å². The summed E-state index contributed by atoms with van der Waals surface area (Å²) >= 11 is 0. The number of carbonyl (C=O) groups excluding carboxylic acids is 1. The van der Waals surface area contributed by atoms with Crippen LogP contribution < -0.4 is 16.2 Å². The fraction of sp³-hybridized carbons (Fsp3) is 0.500. The number of benzene rings is 2. The molecule has 0 radical (unpaired) electrons. The number of aryl methyl sites for hydroxylation is 1. The van der Waals surface area contributed by atoms with Crippen molar-refractivity contribution in [1.29, 1.82) is 0 Å². The van der Waals surface area contributed by atoms with Crippen molar-refractivity contribution in [3.05, 3.63) is 54.1 Å². The lowest BCUT2D eigenvalue weighted by atomic mass is 9.79. The molecule has 6 nitrogen and oxygen atoms in total. The molecule has 1 aromatic heterocycles. The molecule has 0 fully saturated rings. The van der Waals surface area contributed by atoms with Gasteiger partial charge in [-0.25, -0.2) is 0 Å². The van der Waals surface area contributed by atoms with E-state index in [2.05, 4.69) is 6.92 Å². The molecule has 3 aromatic rings. The zero-order chi connectivity index (χ0) is 29.0. The minimum atomic E-state index is -4.46. The first-order chi connectivity index (χ1) is 18.1. The first-order valence-electron chi connectivity index (χ1n) is 13.1. The quantitative estimate of drug-likeness (QED) is 0.246. The average Bonchev–Trinajstić information content (AvgIpc) is 3.26. The van der Waals surface area contributed by atoms with Crippen LogP contribution in [0.5, 0.6) is 5.75 Å². The topological polar surface area (TPSA) is 101 Å². The van der Waals surface area contributed by atoms with Crippen LogP contribution in [0, 0.1) is 11.3 Å². The number of nitrogens with two attached hydrogens (primary N) is 2. The summed E-state index contributed by atoms with van der Waals surface area (Å²) in [7, 11) is 0. The fourth-order valence-electron chi connectivity index (χ4n) is 4.36. The van der Waals surface area contributed by atoms with Crippen molar-refractivity contribution in [2.75, 3.05) is 13.2 Å². The molecule has 0 spiro atoms. The number of esters is 1. The molecule has 1 heterocycles. The number of fused-ring (bicyclic) bond motifs is 1. The third-order valence-electron chi connectivity index (χ3n) is 6.81. The lowest BCUT2D eigenvalue weighted by Gasteiger charge is -2.34. The van der Waals surface area contributed by atoms with E-state index < -0.39 is 48.1 Å². The highest BCUT2D eigenvalue weighted by atomic mass is 19.4. The molecule has 2 atom stereocenters. The summed E-state index contributed by atoms with van der Waals surface area (Å²) in [6, 6.07) is 14.4. The second-order valence-electron chi connectivity index (χ2n) is 11.4. The van der Waals surface area contributed by atoms with Gasteiger partial charge in [-0.1, -0.05) is 31.2 Å². The molecule has 0 aliphatic heterocycles. The molecule has 2 unspecified atom stereocenters. The zero-order valence-corrected chi connectivity index (χ0v) is 23.2. The summed E-state index contributed by atoms with van der Waals surface area (Å²) in [4.78, 5) is 12.8. The highest BCUT2D eigenvalue weighted by Gasteiger charge is 2.39. The average molecular weight is 549 g/mol. The standard InChI is InChI=1S/C30H39F3N2O4/c1-6-20-9-7-8-10-23(20)25-13-21-11-12-22(14-24(21)39-25)37-17-19(15-30(31,32)33)18-38-27(36)29(4,5)26(34)16-28(2,3)35/h7-14,19,26H,6,15-18,34-35H2,1-5H3. The molecule has 0 amide bonds. The van der Waals surface area contributed by atoms with E-state index in [1.54, 1.807) is 45.9 Å². The number of alkyl halides is 3. The van der Waals surface area contributed by atoms with Gasteiger partial charge in [0.15, 0.2) is 0 Å². The molecule has 214 valence electrons. The highest BCUT2D eigenvalue weighted by Crippen LogP contribution is 2.33. The van der Waals surface area contributed by atoms with Crippen LogP contribution in [0.2, 0.25) is 0 Å². The van der Waals surface area contributed by atoms with Crippen molar-refractivity contribution < 1.29 is 31.9 Å². The van der Waals surface area contributed by atoms with Crippen molar-refractivity contribution >= 4 is 16.9 Å². The Bertz CT molecular complexity index is 1260. The number of rotatable bonds is 12. The normalized spacial score (nSPS) is 14.3. The van der Waals surface area contributed by atoms with Crippen molar-refractivity contribution in [2.24, 2.45) is 22.8 Å². The number of hydrogen-bond acceptors (Lipinski definition) is 6. The van der Waals surface area contributed by atoms with Crippen LogP contribution >= 0.6 is 0 Å². The number of hydrogen-bond donors (Lipinski definition) is 2. The van der Waals surface area contributed by atoms with Gasteiger partial charge in [-0.3, -0.25) is 4.79 Å². The molecular formula is C30H39F3N2O4. The minimum Gasteiger partial charge on any atom is -0.493 e. The first kappa shape index (κ1) is 30.5. The second-order valence-corrected chi connectivity index (χ2v) is 11.4. The third-order valence-corrected chi connectivity index (χ3v) is 6.81. The van der Waals surface area contributed by atoms with Crippen molar-refractivity contribution in [3.8, 4) is 17.1 Å². The summed E-state index contributed by atoms with van der Waals surface area (Å²) in [5.41, 5.74) is 13.2. The molecule has 0 saturated heterocycles. The molecule has 0 bridgehead atoms. The van der Waals surface area contributed by atoms with E-state index in [4.69, 9.17) is 25.4 Å². The molecule has 39 heavy (non-hydrogen) atoms. The summed E-state index contributed by atoms with van der Waals surface area (Å²) in [5.74, 6) is -0.715. The Balaban J connectivity index is 1.69. The molecule has 0 aliphatic carbocycles. The summed E-state index contributed by atoms with van der Waals surface area (Å²) in [6.45, 7) is 8.10. The van der Waals surface area contributed by atoms with Crippen LogP contribution in [0.1, 0.15) is 53.0 Å². The van der Waals surface area contributed by atoms with E-state index in [0.29, 0.717) is 23.5 Å². The lowest BCUT2D eigenvalue weighted by Crippen LogP contribution is -2.50. The van der Waals surface area contributed by atoms with Gasteiger partial charge in [0, 0.05) is 34.5 Å². The lowest BCUT2D eigenvalue weighted by molar-refractivity contribution is -0.166. The van der Waals surface area contributed by atoms with Crippen LogP contribution in [-0.4, -0.2) is 36.9 Å². The smallest absolute Gasteiger partial charge is 0.389 e. The van der Waals surface area contributed by atoms with E-state index >= 15 is 0 Å². The number of halogens is 3. The number of carbonyl (C=O) groups is 1. The van der Waals surface area contributed by atoms with Crippen molar-refractivity contribution in [2.45, 2.75) is 71.6 Å². The maximum atomic E-state index is 13.3. The molecular weight excluding hydrogens is 509 g/mol. The number of furan rings is 1. The Labute approximate surface area is 227 Å². The van der Waals surface area contributed by atoms with Gasteiger partial charge < -0.3 is 25.4 Å². The SMILES string of the molecule is CCc1ccccc1-c1cc2ccc(OCC(COC(=O)C(C)(C)C(N)CC(C)(C)N)CC(F)(F)F)cc2o1. The monoisotopic (exact) mass is 548 g/mol. The molecule has 4 N–H and O–H groups in total. The Morgan fingerprint density at radius 1 is 1.00 bits per heavy atom. The summed E-state index contributed by atoms with van der Waals surface area (Å²) in [5, 5.41) is 0.850. The predicted molar refractivity (Wildman–Crippen MR) is 146 cm³/mol. The van der Waals surface area contributed by atoms with Gasteiger partial charge in [0.2, 0.25) is 0 Å². The van der Waals surface area contributed by atoms with Crippen LogP contribution in [-0.2, 0) is 16.0 Å². The van der Waals surface area contributed by atoms with Crippen LogP contribution in [0.15, 0.2) is 52.9 Å². The molecule has 0 aliphatic rings. The first-order valence-corrected chi connectivity index (χ1v) is 13.1. The fourth-order valence-corrected chi connectivity index (χ4v) is 4.36. The van der Waals surface area contributed by atoms with Crippen LogP contribution in [0.3, 0.4) is 0 Å². The number of ether oxygens (including phenoxy) is 2. The zero-order valence-electron chi connectivity index (χ0n) is 23.2. The molecule has 9 heteroatoms. The summed E-state index contributed by atoms with van der Waals surface area (Å²) < 4.78 is 57.0. The maximum absolute atomic E-state index is 13.3. The molecule has 0 saturated carbocycles. The van der Waals surface area contributed by atoms with Gasteiger partial charge in [-0.2, -0.15) is 13.2 Å². The van der Waals surface area contributed by atoms with Crippen LogP contribution in [0.4, 0.5) is 13.2 Å². The largest absolute Gasteiger partial charge is 0.493 e. The van der Waals surface area contributed by atoms with E-state index in [0.717, 1.165) is 22.9 Å². The highest BCUT2D eigenvalue weighted by molar-refractivity contribution is 5.84. The maximum Gasteiger partial charge on any atom is 0.389 e. The Kier molecular flexibility index (Phi) is 9.39. The van der Waals surface area contributed by atoms with Crippen molar-refractivity contribution in [3.63, 3.8) is 0 Å². The van der Waals surface area contributed by atoms with Gasteiger partial charge >= 0.3 is 12.1 Å². The van der Waals surface area contributed by atoms with Gasteiger partial charge in [0.25, 0.3) is 0 Å².